The van der Waals surface area contributed by atoms with Crippen LogP contribution in [0.5, 0.6) is 0 Å². The fourth-order valence-corrected chi connectivity index (χ4v) is 1.63. The molecule has 2 heteroatoms. The number of allylic oxidation sites excluding steroid dienone is 1. The van der Waals surface area contributed by atoms with Gasteiger partial charge in [-0.15, -0.1) is 0 Å². The number of unbranched alkanes of at least 4 members (excludes halogenated alkanes) is 9. The fourth-order valence-electron chi connectivity index (χ4n) is 1.63. The summed E-state index contributed by atoms with van der Waals surface area (Å²) in [5, 5.41) is 7.51. The summed E-state index contributed by atoms with van der Waals surface area (Å²) in [5.74, 6) is 0. The van der Waals surface area contributed by atoms with Crippen LogP contribution in [0.1, 0.15) is 71.1 Å². The second-order valence-electron chi connectivity index (χ2n) is 4.30. The first-order valence-corrected chi connectivity index (χ1v) is 7.04. The molecular weight excluding hydrogens is 208 g/mol. The van der Waals surface area contributed by atoms with Crippen molar-refractivity contribution in [3.63, 3.8) is 0 Å². The van der Waals surface area contributed by atoms with E-state index in [9.17, 15) is 0 Å². The number of nitriles is 1. The summed E-state index contributed by atoms with van der Waals surface area (Å²) in [5.41, 5.74) is 5.42. The van der Waals surface area contributed by atoms with Crippen LogP contribution in [0.2, 0.25) is 0 Å². The lowest BCUT2D eigenvalue weighted by Crippen LogP contribution is -1.97. The molecule has 0 rings (SSSR count). The first-order chi connectivity index (χ1) is 8.33. The van der Waals surface area contributed by atoms with Crippen molar-refractivity contribution in [3.8, 4) is 6.07 Å². The Morgan fingerprint density at radius 3 is 1.59 bits per heavy atom. The molecular formula is C15H30N2. The van der Waals surface area contributed by atoms with Crippen molar-refractivity contribution >= 4 is 0 Å². The van der Waals surface area contributed by atoms with Crippen molar-refractivity contribution in [2.45, 2.75) is 71.1 Å². The number of nitrogens with two attached hydrogens (primary N) is 1. The number of hydrogen-bond donors (Lipinski definition) is 1. The minimum atomic E-state index is 0.872. The van der Waals surface area contributed by atoms with E-state index in [4.69, 9.17) is 11.0 Å². The summed E-state index contributed by atoms with van der Waals surface area (Å²) in [7, 11) is 0. The zero-order valence-corrected chi connectivity index (χ0v) is 11.6. The molecule has 0 unspecified atom stereocenters. The van der Waals surface area contributed by atoms with E-state index in [1.54, 1.807) is 6.07 Å². The van der Waals surface area contributed by atoms with Crippen molar-refractivity contribution in [2.24, 2.45) is 5.73 Å². The molecule has 17 heavy (non-hydrogen) atoms. The quantitative estimate of drug-likeness (QED) is 0.448. The lowest BCUT2D eigenvalue weighted by Gasteiger charge is -2.00. The third-order valence-electron chi connectivity index (χ3n) is 2.65. The Labute approximate surface area is 108 Å². The van der Waals surface area contributed by atoms with Gasteiger partial charge >= 0.3 is 0 Å². The Kier molecular flexibility index (Phi) is 22.5. The average Bonchev–Trinajstić information content (AvgIpc) is 2.37. The Morgan fingerprint density at radius 1 is 0.941 bits per heavy atom. The average molecular weight is 238 g/mol. The van der Waals surface area contributed by atoms with Crippen LogP contribution in [0.4, 0.5) is 0 Å². The maximum atomic E-state index is 7.51. The van der Waals surface area contributed by atoms with Crippen LogP contribution in [0.15, 0.2) is 12.7 Å². The third-order valence-corrected chi connectivity index (χ3v) is 2.65. The van der Waals surface area contributed by atoms with E-state index in [0.29, 0.717) is 0 Å². The van der Waals surface area contributed by atoms with E-state index in [2.05, 4.69) is 13.5 Å². The van der Waals surface area contributed by atoms with E-state index in [0.717, 1.165) is 6.54 Å². The van der Waals surface area contributed by atoms with Crippen molar-refractivity contribution in [2.75, 3.05) is 6.54 Å². The molecule has 100 valence electrons. The van der Waals surface area contributed by atoms with Crippen molar-refractivity contribution in [3.05, 3.63) is 12.7 Å². The van der Waals surface area contributed by atoms with Crippen molar-refractivity contribution in [1.29, 1.82) is 5.26 Å². The van der Waals surface area contributed by atoms with Gasteiger partial charge < -0.3 is 5.73 Å². The van der Waals surface area contributed by atoms with Crippen LogP contribution in [0, 0.1) is 11.3 Å². The van der Waals surface area contributed by atoms with Crippen LogP contribution in [-0.4, -0.2) is 6.54 Å². The largest absolute Gasteiger partial charge is 0.330 e. The minimum absolute atomic E-state index is 0.872. The summed E-state index contributed by atoms with van der Waals surface area (Å²) in [4.78, 5) is 0. The van der Waals surface area contributed by atoms with Gasteiger partial charge in [-0.05, 0) is 13.0 Å². The summed E-state index contributed by atoms with van der Waals surface area (Å²) in [6, 6.07) is 1.69. The van der Waals surface area contributed by atoms with Gasteiger partial charge in [-0.25, -0.2) is 0 Å². The van der Waals surface area contributed by atoms with E-state index in [1.807, 2.05) is 0 Å². The van der Waals surface area contributed by atoms with E-state index in [1.165, 1.54) is 70.3 Å². The molecule has 0 saturated heterocycles. The zero-order chi connectivity index (χ0) is 13.2. The molecule has 0 spiro atoms. The summed E-state index contributed by atoms with van der Waals surface area (Å²) in [6.07, 6.45) is 15.1. The highest BCUT2D eigenvalue weighted by atomic mass is 14.5. The fraction of sp³-hybridized carbons (Fsp3) is 0.800. The van der Waals surface area contributed by atoms with Gasteiger partial charge in [-0.1, -0.05) is 71.3 Å². The van der Waals surface area contributed by atoms with Crippen molar-refractivity contribution in [1.82, 2.24) is 0 Å². The second kappa shape index (κ2) is 20.6. The van der Waals surface area contributed by atoms with Crippen molar-refractivity contribution < 1.29 is 0 Å². The molecule has 0 aromatic heterocycles. The first kappa shape index (κ1) is 18.6. The highest BCUT2D eigenvalue weighted by Crippen LogP contribution is 2.09. The normalized spacial score (nSPS) is 9.00. The summed E-state index contributed by atoms with van der Waals surface area (Å²) < 4.78 is 0. The van der Waals surface area contributed by atoms with Gasteiger partial charge in [0.25, 0.3) is 0 Å². The van der Waals surface area contributed by atoms with Gasteiger partial charge in [0.05, 0.1) is 6.07 Å². The lowest BCUT2D eigenvalue weighted by atomic mass is 10.1. The molecule has 0 heterocycles. The molecule has 0 aromatic carbocycles. The topological polar surface area (TPSA) is 49.8 Å². The molecule has 0 aromatic rings. The van der Waals surface area contributed by atoms with Gasteiger partial charge in [0, 0.05) is 6.08 Å². The maximum absolute atomic E-state index is 7.51. The van der Waals surface area contributed by atoms with Gasteiger partial charge in [0.15, 0.2) is 0 Å². The standard InChI is InChI=1S/C12H27N.C3H3N/c1-2-3-4-5-6-7-8-9-10-11-12-13;1-2-3-4/h2-13H2,1H3;2H,1H2. The number of rotatable bonds is 10. The monoisotopic (exact) mass is 238 g/mol. The molecule has 0 aliphatic heterocycles. The third kappa shape index (κ3) is 25.5. The summed E-state index contributed by atoms with van der Waals surface area (Å²) >= 11 is 0. The summed E-state index contributed by atoms with van der Waals surface area (Å²) in [6.45, 7) is 6.26. The predicted molar refractivity (Wildman–Crippen MR) is 76.7 cm³/mol. The minimum Gasteiger partial charge on any atom is -0.330 e. The Balaban J connectivity index is 0. The van der Waals surface area contributed by atoms with Crippen LogP contribution >= 0.6 is 0 Å². The number of hydrogen-bond acceptors (Lipinski definition) is 2. The van der Waals surface area contributed by atoms with Crippen LogP contribution in [0.3, 0.4) is 0 Å². The van der Waals surface area contributed by atoms with Gasteiger partial charge in [-0.2, -0.15) is 5.26 Å². The Bertz CT molecular complexity index is 160. The Morgan fingerprint density at radius 2 is 1.29 bits per heavy atom. The Hall–Kier alpha value is -0.810. The molecule has 0 atom stereocenters. The molecule has 2 N–H and O–H groups in total. The molecule has 0 saturated carbocycles. The highest BCUT2D eigenvalue weighted by molar-refractivity contribution is 4.93. The zero-order valence-electron chi connectivity index (χ0n) is 11.6. The molecule has 0 fully saturated rings. The molecule has 0 aliphatic carbocycles. The first-order valence-electron chi connectivity index (χ1n) is 7.04. The van der Waals surface area contributed by atoms with Gasteiger partial charge in [0.2, 0.25) is 0 Å². The predicted octanol–water partition coefficient (Wildman–Crippen LogP) is 4.56. The lowest BCUT2D eigenvalue weighted by molar-refractivity contribution is 0.558. The second-order valence-corrected chi connectivity index (χ2v) is 4.30. The smallest absolute Gasteiger partial charge is 0.0905 e. The van der Waals surface area contributed by atoms with E-state index < -0.39 is 0 Å². The molecule has 2 nitrogen and oxygen atoms in total. The molecule has 0 bridgehead atoms. The maximum Gasteiger partial charge on any atom is 0.0905 e. The highest BCUT2D eigenvalue weighted by Gasteiger charge is 1.91. The molecule has 0 radical (unpaired) electrons. The molecule has 0 aliphatic rings. The van der Waals surface area contributed by atoms with Gasteiger partial charge in [-0.3, -0.25) is 0 Å². The van der Waals surface area contributed by atoms with Crippen LogP contribution in [-0.2, 0) is 0 Å². The van der Waals surface area contributed by atoms with Crippen LogP contribution < -0.4 is 5.73 Å². The molecule has 0 amide bonds. The van der Waals surface area contributed by atoms with Gasteiger partial charge in [0.1, 0.15) is 0 Å². The number of nitrogens with zero attached hydrogens (tertiary/aromatic N) is 1. The van der Waals surface area contributed by atoms with Crippen LogP contribution in [0.25, 0.3) is 0 Å². The van der Waals surface area contributed by atoms with E-state index in [-0.39, 0.29) is 0 Å². The SMILES string of the molecule is C=CC#N.CCCCCCCCCCCCN. The van der Waals surface area contributed by atoms with E-state index >= 15 is 0 Å².